The molecule has 0 aromatic heterocycles. The van der Waals surface area contributed by atoms with Gasteiger partial charge in [0.2, 0.25) is 0 Å². The first kappa shape index (κ1) is 16.1. The Kier molecular flexibility index (Phi) is 5.86. The summed E-state index contributed by atoms with van der Waals surface area (Å²) in [6, 6.07) is 9.62. The highest BCUT2D eigenvalue weighted by molar-refractivity contribution is 5.48. The van der Waals surface area contributed by atoms with E-state index in [1.165, 1.54) is 0 Å². The molecule has 0 spiro atoms. The van der Waals surface area contributed by atoms with Crippen LogP contribution in [0.1, 0.15) is 5.56 Å². The first-order valence-corrected chi connectivity index (χ1v) is 6.77. The van der Waals surface area contributed by atoms with Gasteiger partial charge in [0.05, 0.1) is 13.2 Å². The van der Waals surface area contributed by atoms with Crippen molar-refractivity contribution in [1.82, 2.24) is 0 Å². The molecule has 1 aliphatic rings. The van der Waals surface area contributed by atoms with Gasteiger partial charge < -0.3 is 29.9 Å². The second kappa shape index (κ2) is 7.65. The molecule has 21 heavy (non-hydrogen) atoms. The SMILES string of the molecule is OC[C@@H]1O[C@H](OC/C=C/c2ccccc2)[C@@H](O)[C@H](O)[C@H]1O. The average molecular weight is 296 g/mol. The fourth-order valence-electron chi connectivity index (χ4n) is 2.10. The fourth-order valence-corrected chi connectivity index (χ4v) is 2.10. The Labute approximate surface area is 122 Å². The summed E-state index contributed by atoms with van der Waals surface area (Å²) in [5.41, 5.74) is 1.01. The van der Waals surface area contributed by atoms with Crippen LogP contribution >= 0.6 is 0 Å². The van der Waals surface area contributed by atoms with E-state index in [-0.39, 0.29) is 6.61 Å². The van der Waals surface area contributed by atoms with Crippen molar-refractivity contribution in [3.8, 4) is 0 Å². The van der Waals surface area contributed by atoms with Crippen LogP contribution in [0.4, 0.5) is 0 Å². The number of hydrogen-bond donors (Lipinski definition) is 4. The van der Waals surface area contributed by atoms with Crippen molar-refractivity contribution in [2.24, 2.45) is 0 Å². The minimum atomic E-state index is -1.42. The van der Waals surface area contributed by atoms with Crippen LogP contribution in [-0.2, 0) is 9.47 Å². The standard InChI is InChI=1S/C15H20O6/c16-9-11-12(17)13(18)14(19)15(21-11)20-8-4-7-10-5-2-1-3-6-10/h1-7,11-19H,8-9H2/b7-4+/t11-,12-,13+,14-,15-/m0/s1. The molecule has 2 rings (SSSR count). The third-order valence-corrected chi connectivity index (χ3v) is 3.32. The lowest BCUT2D eigenvalue weighted by molar-refractivity contribution is -0.298. The van der Waals surface area contributed by atoms with Crippen molar-refractivity contribution >= 4 is 6.08 Å². The zero-order valence-corrected chi connectivity index (χ0v) is 11.4. The van der Waals surface area contributed by atoms with Gasteiger partial charge in [0, 0.05) is 0 Å². The van der Waals surface area contributed by atoms with Crippen LogP contribution in [0.5, 0.6) is 0 Å². The van der Waals surface area contributed by atoms with E-state index >= 15 is 0 Å². The smallest absolute Gasteiger partial charge is 0.187 e. The maximum Gasteiger partial charge on any atom is 0.187 e. The van der Waals surface area contributed by atoms with Gasteiger partial charge in [0.15, 0.2) is 6.29 Å². The van der Waals surface area contributed by atoms with E-state index in [1.54, 1.807) is 6.08 Å². The average Bonchev–Trinajstić information content (AvgIpc) is 2.52. The summed E-state index contributed by atoms with van der Waals surface area (Å²) in [4.78, 5) is 0. The van der Waals surface area contributed by atoms with Crippen molar-refractivity contribution < 1.29 is 29.9 Å². The molecular weight excluding hydrogens is 276 g/mol. The Morgan fingerprint density at radius 3 is 2.43 bits per heavy atom. The lowest BCUT2D eigenvalue weighted by Gasteiger charge is -2.39. The monoisotopic (exact) mass is 296 g/mol. The van der Waals surface area contributed by atoms with Gasteiger partial charge in [0.25, 0.3) is 0 Å². The summed E-state index contributed by atoms with van der Waals surface area (Å²) in [5, 5.41) is 38.1. The fraction of sp³-hybridized carbons (Fsp3) is 0.467. The van der Waals surface area contributed by atoms with Gasteiger partial charge in [-0.05, 0) is 5.56 Å². The van der Waals surface area contributed by atoms with Gasteiger partial charge in [-0.2, -0.15) is 0 Å². The van der Waals surface area contributed by atoms with Gasteiger partial charge in [-0.3, -0.25) is 0 Å². The van der Waals surface area contributed by atoms with Gasteiger partial charge in [0.1, 0.15) is 24.4 Å². The molecule has 0 radical (unpaired) electrons. The van der Waals surface area contributed by atoms with Gasteiger partial charge in [-0.25, -0.2) is 0 Å². The quantitative estimate of drug-likeness (QED) is 0.585. The predicted octanol–water partition coefficient (Wildman–Crippen LogP) is -0.484. The van der Waals surface area contributed by atoms with Crippen LogP contribution in [0.25, 0.3) is 6.08 Å². The van der Waals surface area contributed by atoms with Crippen molar-refractivity contribution in [3.63, 3.8) is 0 Å². The molecule has 1 heterocycles. The molecule has 1 aromatic carbocycles. The molecule has 1 aromatic rings. The van der Waals surface area contributed by atoms with Crippen molar-refractivity contribution in [3.05, 3.63) is 42.0 Å². The summed E-state index contributed by atoms with van der Waals surface area (Å²) in [6.45, 7) is -0.303. The van der Waals surface area contributed by atoms with E-state index < -0.39 is 37.3 Å². The first-order chi connectivity index (χ1) is 10.1. The third kappa shape index (κ3) is 4.10. The highest BCUT2D eigenvalue weighted by Crippen LogP contribution is 2.21. The molecule has 6 nitrogen and oxygen atoms in total. The molecule has 0 bridgehead atoms. The normalized spacial score (nSPS) is 33.4. The van der Waals surface area contributed by atoms with E-state index in [0.29, 0.717) is 0 Å². The van der Waals surface area contributed by atoms with Crippen LogP contribution in [0.3, 0.4) is 0 Å². The maximum atomic E-state index is 9.77. The lowest BCUT2D eigenvalue weighted by Crippen LogP contribution is -2.59. The summed E-state index contributed by atoms with van der Waals surface area (Å²) in [5.74, 6) is 0. The van der Waals surface area contributed by atoms with Crippen molar-refractivity contribution in [1.29, 1.82) is 0 Å². The predicted molar refractivity (Wildman–Crippen MR) is 75.2 cm³/mol. The molecule has 0 amide bonds. The Morgan fingerprint density at radius 2 is 1.76 bits per heavy atom. The molecule has 1 saturated heterocycles. The number of ether oxygens (including phenoxy) is 2. The summed E-state index contributed by atoms with van der Waals surface area (Å²) in [6.07, 6.45) is -2.61. The molecule has 0 unspecified atom stereocenters. The number of aliphatic hydroxyl groups is 4. The minimum absolute atomic E-state index is 0.164. The molecule has 0 saturated carbocycles. The largest absolute Gasteiger partial charge is 0.394 e. The molecular formula is C15H20O6. The molecule has 1 fully saturated rings. The van der Waals surface area contributed by atoms with E-state index in [2.05, 4.69) is 0 Å². The zero-order valence-electron chi connectivity index (χ0n) is 11.4. The zero-order chi connectivity index (χ0) is 15.2. The number of benzene rings is 1. The molecule has 5 atom stereocenters. The Hall–Kier alpha value is -1.28. The van der Waals surface area contributed by atoms with Gasteiger partial charge in [-0.1, -0.05) is 42.5 Å². The number of aliphatic hydroxyl groups excluding tert-OH is 4. The molecule has 0 aliphatic carbocycles. The van der Waals surface area contributed by atoms with Crippen LogP contribution in [-0.4, -0.2) is 64.3 Å². The van der Waals surface area contributed by atoms with Gasteiger partial charge in [-0.15, -0.1) is 0 Å². The molecule has 116 valence electrons. The molecule has 1 aliphatic heterocycles. The van der Waals surface area contributed by atoms with Crippen LogP contribution in [0, 0.1) is 0 Å². The van der Waals surface area contributed by atoms with Crippen molar-refractivity contribution in [2.45, 2.75) is 30.7 Å². The van der Waals surface area contributed by atoms with Crippen LogP contribution < -0.4 is 0 Å². The van der Waals surface area contributed by atoms with Crippen molar-refractivity contribution in [2.75, 3.05) is 13.2 Å². The summed E-state index contributed by atoms with van der Waals surface area (Å²) < 4.78 is 10.5. The van der Waals surface area contributed by atoms with E-state index in [0.717, 1.165) is 5.56 Å². The number of hydrogen-bond acceptors (Lipinski definition) is 6. The third-order valence-electron chi connectivity index (χ3n) is 3.32. The summed E-state index contributed by atoms with van der Waals surface area (Å²) >= 11 is 0. The Balaban J connectivity index is 1.86. The van der Waals surface area contributed by atoms with Crippen LogP contribution in [0.2, 0.25) is 0 Å². The maximum absolute atomic E-state index is 9.77. The van der Waals surface area contributed by atoms with E-state index in [1.807, 2.05) is 36.4 Å². The molecule has 4 N–H and O–H groups in total. The highest BCUT2D eigenvalue weighted by atomic mass is 16.7. The van der Waals surface area contributed by atoms with E-state index in [9.17, 15) is 15.3 Å². The lowest BCUT2D eigenvalue weighted by atomic mass is 9.99. The summed E-state index contributed by atoms with van der Waals surface area (Å²) in [7, 11) is 0. The highest BCUT2D eigenvalue weighted by Gasteiger charge is 2.43. The Bertz CT molecular complexity index is 447. The van der Waals surface area contributed by atoms with Gasteiger partial charge >= 0.3 is 0 Å². The van der Waals surface area contributed by atoms with Crippen LogP contribution in [0.15, 0.2) is 36.4 Å². The topological polar surface area (TPSA) is 99.4 Å². The Morgan fingerprint density at radius 1 is 1.05 bits per heavy atom. The molecule has 6 heteroatoms. The second-order valence-electron chi connectivity index (χ2n) is 4.84. The number of rotatable bonds is 5. The second-order valence-corrected chi connectivity index (χ2v) is 4.84. The van der Waals surface area contributed by atoms with E-state index in [4.69, 9.17) is 14.6 Å². The first-order valence-electron chi connectivity index (χ1n) is 6.77. The minimum Gasteiger partial charge on any atom is -0.394 e.